The van der Waals surface area contributed by atoms with E-state index in [0.717, 1.165) is 12.0 Å². The highest BCUT2D eigenvalue weighted by molar-refractivity contribution is 6.41. The summed E-state index contributed by atoms with van der Waals surface area (Å²) in [6, 6.07) is 11.7. The standard InChI is InChI=1S/C24H28B2FNO4/c1-15(29)28-24(25,26)14-17-8-9-19(13-20(17)16-6-5-7-18(27)12-16)31-22-11-10-21(30-4)23(2,3)32-22/h5-9,12-13,21-22H,10-11,14H2,1-4H3,(H,28,29). The average Bonchev–Trinajstić information content (AvgIpc) is 2.67. The molecule has 32 heavy (non-hydrogen) atoms. The summed E-state index contributed by atoms with van der Waals surface area (Å²) < 4.78 is 31.7. The summed E-state index contributed by atoms with van der Waals surface area (Å²) in [6.45, 7) is 5.29. The molecule has 1 N–H and O–H groups in total. The summed E-state index contributed by atoms with van der Waals surface area (Å²) in [6.07, 6.45) is 1.17. The Morgan fingerprint density at radius 3 is 2.62 bits per heavy atom. The molecule has 1 fully saturated rings. The van der Waals surface area contributed by atoms with Crippen LogP contribution < -0.4 is 10.1 Å². The van der Waals surface area contributed by atoms with Crippen molar-refractivity contribution in [2.24, 2.45) is 0 Å². The highest BCUT2D eigenvalue weighted by Crippen LogP contribution is 2.34. The Morgan fingerprint density at radius 2 is 2.00 bits per heavy atom. The Hall–Kier alpha value is -2.31. The van der Waals surface area contributed by atoms with E-state index >= 15 is 0 Å². The van der Waals surface area contributed by atoms with Crippen LogP contribution in [0, 0.1) is 5.82 Å². The van der Waals surface area contributed by atoms with Crippen LogP contribution in [0.3, 0.4) is 0 Å². The van der Waals surface area contributed by atoms with Crippen LogP contribution in [0.15, 0.2) is 42.5 Å². The van der Waals surface area contributed by atoms with Gasteiger partial charge >= 0.3 is 0 Å². The second-order valence-corrected chi connectivity index (χ2v) is 8.80. The zero-order chi connectivity index (χ0) is 23.5. The number of ether oxygens (including phenoxy) is 3. The van der Waals surface area contributed by atoms with E-state index in [-0.39, 0.29) is 24.2 Å². The third-order valence-electron chi connectivity index (χ3n) is 5.54. The Morgan fingerprint density at radius 1 is 1.25 bits per heavy atom. The number of carbonyl (C=O) groups excluding carboxylic acids is 1. The first-order chi connectivity index (χ1) is 15.0. The molecular formula is C24H28B2FNO4. The van der Waals surface area contributed by atoms with Crippen LogP contribution in [0.1, 0.15) is 39.2 Å². The number of hydrogen-bond donors (Lipinski definition) is 1. The van der Waals surface area contributed by atoms with E-state index in [4.69, 9.17) is 29.9 Å². The molecule has 2 aromatic rings. The maximum Gasteiger partial charge on any atom is 0.215 e. The fraction of sp³-hybridized carbons (Fsp3) is 0.458. The second kappa shape index (κ2) is 9.67. The predicted octanol–water partition coefficient (Wildman–Crippen LogP) is 3.47. The van der Waals surface area contributed by atoms with Crippen molar-refractivity contribution in [1.29, 1.82) is 0 Å². The van der Waals surface area contributed by atoms with Crippen molar-refractivity contribution in [3.05, 3.63) is 53.8 Å². The third-order valence-corrected chi connectivity index (χ3v) is 5.54. The van der Waals surface area contributed by atoms with Gasteiger partial charge in [-0.05, 0) is 73.0 Å². The zero-order valence-electron chi connectivity index (χ0n) is 19.0. The Labute approximate surface area is 191 Å². The van der Waals surface area contributed by atoms with Crippen molar-refractivity contribution >= 4 is 21.6 Å². The zero-order valence-corrected chi connectivity index (χ0v) is 19.0. The fourth-order valence-corrected chi connectivity index (χ4v) is 4.14. The molecule has 8 heteroatoms. The van der Waals surface area contributed by atoms with Crippen LogP contribution in [0.5, 0.6) is 5.75 Å². The average molecular weight is 435 g/mol. The van der Waals surface area contributed by atoms with Crippen molar-refractivity contribution in [1.82, 2.24) is 5.32 Å². The Balaban J connectivity index is 1.90. The maximum absolute atomic E-state index is 14.0. The number of nitrogens with one attached hydrogen (secondary N) is 1. The lowest BCUT2D eigenvalue weighted by atomic mass is 9.58. The van der Waals surface area contributed by atoms with Crippen molar-refractivity contribution in [2.45, 2.75) is 63.4 Å². The molecule has 0 aromatic heterocycles. The van der Waals surface area contributed by atoms with Crippen molar-refractivity contribution < 1.29 is 23.4 Å². The molecule has 1 heterocycles. The van der Waals surface area contributed by atoms with Gasteiger partial charge in [-0.25, -0.2) is 4.39 Å². The van der Waals surface area contributed by atoms with Crippen LogP contribution >= 0.6 is 0 Å². The SMILES string of the molecule is [B]C([B])(Cc1ccc(OC2CCC(OC)C(C)(C)O2)cc1-c1cccc(F)c1)NC(C)=O. The normalized spacial score (nSPS) is 20.5. The number of halogens is 1. The lowest BCUT2D eigenvalue weighted by Gasteiger charge is -2.41. The molecule has 4 radical (unpaired) electrons. The molecule has 0 aliphatic carbocycles. The summed E-state index contributed by atoms with van der Waals surface area (Å²) in [5, 5.41) is 1.08. The van der Waals surface area contributed by atoms with Gasteiger partial charge in [0.2, 0.25) is 12.2 Å². The van der Waals surface area contributed by atoms with Crippen molar-refractivity contribution in [3.8, 4) is 16.9 Å². The molecule has 1 amide bonds. The predicted molar refractivity (Wildman–Crippen MR) is 123 cm³/mol. The van der Waals surface area contributed by atoms with Gasteiger partial charge in [0.15, 0.2) is 0 Å². The fourth-order valence-electron chi connectivity index (χ4n) is 4.14. The Kier molecular flexibility index (Phi) is 7.36. The third kappa shape index (κ3) is 6.14. The number of benzene rings is 2. The number of methoxy groups -OCH3 is 1. The molecule has 0 saturated carbocycles. The summed E-state index contributed by atoms with van der Waals surface area (Å²) in [5.41, 5.74) is 1.61. The van der Waals surface area contributed by atoms with E-state index in [2.05, 4.69) is 5.32 Å². The first-order valence-electron chi connectivity index (χ1n) is 10.6. The molecule has 1 aliphatic heterocycles. The van der Waals surface area contributed by atoms with Crippen molar-refractivity contribution in [2.75, 3.05) is 7.11 Å². The minimum absolute atomic E-state index is 0.0106. The number of rotatable bonds is 7. The van der Waals surface area contributed by atoms with E-state index in [1.807, 2.05) is 26.0 Å². The highest BCUT2D eigenvalue weighted by Gasteiger charge is 2.39. The summed E-state index contributed by atoms with van der Waals surface area (Å²) in [5.74, 6) is -0.131. The van der Waals surface area contributed by atoms with E-state index < -0.39 is 17.2 Å². The van der Waals surface area contributed by atoms with Gasteiger partial charge in [-0.15, -0.1) is 0 Å². The smallest absolute Gasteiger partial charge is 0.215 e. The van der Waals surface area contributed by atoms with Gasteiger partial charge in [-0.2, -0.15) is 0 Å². The molecule has 0 bridgehead atoms. The van der Waals surface area contributed by atoms with Gasteiger partial charge in [0.25, 0.3) is 0 Å². The van der Waals surface area contributed by atoms with Crippen molar-refractivity contribution in [3.63, 3.8) is 0 Å². The van der Waals surface area contributed by atoms with Gasteiger partial charge in [0.05, 0.1) is 27.4 Å². The minimum Gasteiger partial charge on any atom is -0.465 e. The van der Waals surface area contributed by atoms with E-state index in [1.54, 1.807) is 25.3 Å². The highest BCUT2D eigenvalue weighted by atomic mass is 19.1. The summed E-state index contributed by atoms with van der Waals surface area (Å²) in [4.78, 5) is 11.5. The first kappa shape index (κ1) is 24.3. The maximum atomic E-state index is 14.0. The molecular weight excluding hydrogens is 407 g/mol. The first-order valence-corrected chi connectivity index (χ1v) is 10.6. The molecule has 2 unspecified atom stereocenters. The monoisotopic (exact) mass is 435 g/mol. The lowest BCUT2D eigenvalue weighted by Crippen LogP contribution is -2.50. The van der Waals surface area contributed by atoms with Gasteiger partial charge in [0, 0.05) is 20.5 Å². The number of amides is 1. The van der Waals surface area contributed by atoms with Gasteiger partial charge in [-0.1, -0.05) is 18.2 Å². The topological polar surface area (TPSA) is 56.8 Å². The van der Waals surface area contributed by atoms with Gasteiger partial charge in [-0.3, -0.25) is 4.79 Å². The lowest BCUT2D eigenvalue weighted by molar-refractivity contribution is -0.233. The van der Waals surface area contributed by atoms with Gasteiger partial charge in [0.1, 0.15) is 11.6 Å². The molecule has 3 rings (SSSR count). The van der Waals surface area contributed by atoms with Crippen LogP contribution in [0.4, 0.5) is 4.39 Å². The largest absolute Gasteiger partial charge is 0.465 e. The quantitative estimate of drug-likeness (QED) is 0.678. The van der Waals surface area contributed by atoms with E-state index in [1.165, 1.54) is 19.1 Å². The van der Waals surface area contributed by atoms with E-state index in [0.29, 0.717) is 23.3 Å². The molecule has 2 aromatic carbocycles. The van der Waals surface area contributed by atoms with Crippen LogP contribution in [0.25, 0.3) is 11.1 Å². The molecule has 1 saturated heterocycles. The van der Waals surface area contributed by atoms with Gasteiger partial charge < -0.3 is 19.5 Å². The molecule has 5 nitrogen and oxygen atoms in total. The molecule has 0 spiro atoms. The molecule has 2 atom stereocenters. The van der Waals surface area contributed by atoms with Crippen LogP contribution in [0.2, 0.25) is 0 Å². The minimum atomic E-state index is -1.46. The number of carbonyl (C=O) groups is 1. The van der Waals surface area contributed by atoms with Crippen LogP contribution in [-0.4, -0.2) is 52.0 Å². The van der Waals surface area contributed by atoms with E-state index in [9.17, 15) is 9.18 Å². The molecule has 166 valence electrons. The number of hydrogen-bond acceptors (Lipinski definition) is 4. The second-order valence-electron chi connectivity index (χ2n) is 8.80. The van der Waals surface area contributed by atoms with Crippen LogP contribution in [-0.2, 0) is 20.7 Å². The Bertz CT molecular complexity index is 967. The summed E-state index contributed by atoms with van der Waals surface area (Å²) in [7, 11) is 13.8. The molecule has 1 aliphatic rings. The summed E-state index contributed by atoms with van der Waals surface area (Å²) >= 11 is 0.